The van der Waals surface area contributed by atoms with Gasteiger partial charge >= 0.3 is 0 Å². The summed E-state index contributed by atoms with van der Waals surface area (Å²) in [7, 11) is 0. The molecule has 3 heteroatoms. The van der Waals surface area contributed by atoms with E-state index in [2.05, 4.69) is 6.92 Å². The average molecular weight is 212 g/mol. The lowest BCUT2D eigenvalue weighted by atomic mass is 10.0. The third-order valence-corrected chi connectivity index (χ3v) is 3.42. The highest BCUT2D eigenvalue weighted by Crippen LogP contribution is 2.21. The van der Waals surface area contributed by atoms with Gasteiger partial charge in [0.2, 0.25) is 5.91 Å². The van der Waals surface area contributed by atoms with Crippen LogP contribution in [0.4, 0.5) is 0 Å². The topological polar surface area (TPSA) is 46.3 Å². The predicted molar refractivity (Wildman–Crippen MR) is 62.4 cm³/mol. The molecular weight excluding hydrogens is 188 g/mol. The van der Waals surface area contributed by atoms with Gasteiger partial charge in [-0.05, 0) is 25.7 Å². The van der Waals surface area contributed by atoms with E-state index in [4.69, 9.17) is 5.73 Å². The van der Waals surface area contributed by atoms with E-state index in [1.54, 1.807) is 0 Å². The van der Waals surface area contributed by atoms with Crippen LogP contribution in [-0.4, -0.2) is 29.9 Å². The Balaban J connectivity index is 2.42. The fraction of sp³-hybridized carbons (Fsp3) is 0.917. The van der Waals surface area contributed by atoms with E-state index in [0.29, 0.717) is 11.8 Å². The molecule has 3 atom stereocenters. The Labute approximate surface area is 93.0 Å². The quantitative estimate of drug-likeness (QED) is 0.769. The summed E-state index contributed by atoms with van der Waals surface area (Å²) >= 11 is 0. The highest BCUT2D eigenvalue weighted by molar-refractivity contribution is 5.78. The fourth-order valence-corrected chi connectivity index (χ4v) is 2.28. The highest BCUT2D eigenvalue weighted by Gasteiger charge is 2.30. The molecule has 0 spiro atoms. The van der Waals surface area contributed by atoms with Gasteiger partial charge in [0.25, 0.3) is 0 Å². The minimum absolute atomic E-state index is 0.182. The molecule has 0 aromatic rings. The highest BCUT2D eigenvalue weighted by atomic mass is 16.2. The standard InChI is InChI=1S/C12H24N2O/c1-4-5-9(2)12(15)14-7-6-11(8-14)10(3)13/h9-11H,4-8,13H2,1-3H3. The first-order valence-corrected chi connectivity index (χ1v) is 6.10. The Morgan fingerprint density at radius 2 is 2.20 bits per heavy atom. The summed E-state index contributed by atoms with van der Waals surface area (Å²) in [5, 5.41) is 0. The Hall–Kier alpha value is -0.570. The summed E-state index contributed by atoms with van der Waals surface area (Å²) in [6, 6.07) is 0.212. The van der Waals surface area contributed by atoms with Crippen molar-refractivity contribution in [1.29, 1.82) is 0 Å². The number of amides is 1. The number of carbonyl (C=O) groups is 1. The molecule has 1 aliphatic heterocycles. The Morgan fingerprint density at radius 3 is 2.67 bits per heavy atom. The van der Waals surface area contributed by atoms with Gasteiger partial charge in [0.1, 0.15) is 0 Å². The number of hydrogen-bond donors (Lipinski definition) is 1. The summed E-state index contributed by atoms with van der Waals surface area (Å²) < 4.78 is 0. The first-order valence-electron chi connectivity index (χ1n) is 6.10. The van der Waals surface area contributed by atoms with Crippen LogP contribution in [0.3, 0.4) is 0 Å². The van der Waals surface area contributed by atoms with Crippen LogP contribution in [-0.2, 0) is 4.79 Å². The van der Waals surface area contributed by atoms with Crippen LogP contribution in [0.2, 0.25) is 0 Å². The van der Waals surface area contributed by atoms with Gasteiger partial charge in [-0.15, -0.1) is 0 Å². The van der Waals surface area contributed by atoms with Crippen molar-refractivity contribution >= 4 is 5.91 Å². The molecule has 0 aromatic carbocycles. The second-order valence-corrected chi connectivity index (χ2v) is 4.88. The molecule has 3 nitrogen and oxygen atoms in total. The van der Waals surface area contributed by atoms with Gasteiger partial charge in [-0.3, -0.25) is 4.79 Å². The van der Waals surface area contributed by atoms with Gasteiger partial charge < -0.3 is 10.6 Å². The van der Waals surface area contributed by atoms with E-state index < -0.39 is 0 Å². The summed E-state index contributed by atoms with van der Waals surface area (Å²) in [6.07, 6.45) is 3.15. The minimum Gasteiger partial charge on any atom is -0.342 e. The van der Waals surface area contributed by atoms with E-state index >= 15 is 0 Å². The van der Waals surface area contributed by atoms with Crippen LogP contribution in [0.25, 0.3) is 0 Å². The molecule has 1 heterocycles. The van der Waals surface area contributed by atoms with Crippen molar-refractivity contribution in [2.24, 2.45) is 17.6 Å². The first kappa shape index (κ1) is 12.5. The van der Waals surface area contributed by atoms with Gasteiger partial charge in [-0.1, -0.05) is 20.3 Å². The zero-order valence-electron chi connectivity index (χ0n) is 10.2. The lowest BCUT2D eigenvalue weighted by molar-refractivity contribution is -0.134. The molecule has 1 saturated heterocycles. The van der Waals surface area contributed by atoms with Crippen LogP contribution in [0.1, 0.15) is 40.0 Å². The van der Waals surface area contributed by atoms with Gasteiger partial charge in [0, 0.05) is 25.0 Å². The van der Waals surface area contributed by atoms with Crippen molar-refractivity contribution in [3.05, 3.63) is 0 Å². The first-order chi connectivity index (χ1) is 7.06. The second kappa shape index (κ2) is 5.50. The molecule has 3 unspecified atom stereocenters. The smallest absolute Gasteiger partial charge is 0.225 e. The largest absolute Gasteiger partial charge is 0.342 e. The maximum Gasteiger partial charge on any atom is 0.225 e. The zero-order valence-corrected chi connectivity index (χ0v) is 10.2. The minimum atomic E-state index is 0.182. The zero-order chi connectivity index (χ0) is 11.4. The van der Waals surface area contributed by atoms with Crippen LogP contribution < -0.4 is 5.73 Å². The van der Waals surface area contributed by atoms with Gasteiger partial charge in [0.05, 0.1) is 0 Å². The normalized spacial score (nSPS) is 25.3. The summed E-state index contributed by atoms with van der Waals surface area (Å²) in [5.74, 6) is 1.00. The van der Waals surface area contributed by atoms with Crippen molar-refractivity contribution < 1.29 is 4.79 Å². The number of rotatable bonds is 4. The van der Waals surface area contributed by atoms with Crippen LogP contribution >= 0.6 is 0 Å². The van der Waals surface area contributed by atoms with E-state index in [9.17, 15) is 4.79 Å². The summed E-state index contributed by atoms with van der Waals surface area (Å²) in [5.41, 5.74) is 5.86. The third-order valence-electron chi connectivity index (χ3n) is 3.42. The Bertz CT molecular complexity index is 216. The monoisotopic (exact) mass is 212 g/mol. The number of likely N-dealkylation sites (tertiary alicyclic amines) is 1. The maximum absolute atomic E-state index is 12.0. The fourth-order valence-electron chi connectivity index (χ4n) is 2.28. The number of carbonyl (C=O) groups excluding carboxylic acids is 1. The van der Waals surface area contributed by atoms with E-state index in [1.165, 1.54) is 0 Å². The van der Waals surface area contributed by atoms with E-state index in [1.807, 2.05) is 18.7 Å². The molecule has 1 amide bonds. The van der Waals surface area contributed by atoms with Gasteiger partial charge in [0.15, 0.2) is 0 Å². The summed E-state index contributed by atoms with van der Waals surface area (Å²) in [6.45, 7) is 7.96. The van der Waals surface area contributed by atoms with Crippen LogP contribution in [0.15, 0.2) is 0 Å². The van der Waals surface area contributed by atoms with E-state index in [-0.39, 0.29) is 12.0 Å². The second-order valence-electron chi connectivity index (χ2n) is 4.88. The number of nitrogens with zero attached hydrogens (tertiary/aromatic N) is 1. The molecule has 0 saturated carbocycles. The molecule has 1 aliphatic rings. The van der Waals surface area contributed by atoms with Crippen molar-refractivity contribution in [1.82, 2.24) is 4.90 Å². The third kappa shape index (κ3) is 3.20. The van der Waals surface area contributed by atoms with Crippen LogP contribution in [0, 0.1) is 11.8 Å². The van der Waals surface area contributed by atoms with Crippen molar-refractivity contribution in [3.63, 3.8) is 0 Å². The molecule has 15 heavy (non-hydrogen) atoms. The van der Waals surface area contributed by atoms with Gasteiger partial charge in [-0.2, -0.15) is 0 Å². The van der Waals surface area contributed by atoms with E-state index in [0.717, 1.165) is 32.4 Å². The summed E-state index contributed by atoms with van der Waals surface area (Å²) in [4.78, 5) is 14.0. The Kier molecular flexibility index (Phi) is 4.58. The molecule has 0 bridgehead atoms. The molecule has 0 aromatic heterocycles. The molecule has 2 N–H and O–H groups in total. The Morgan fingerprint density at radius 1 is 1.53 bits per heavy atom. The maximum atomic E-state index is 12.0. The number of nitrogens with two attached hydrogens (primary N) is 1. The SMILES string of the molecule is CCCC(C)C(=O)N1CCC(C(C)N)C1. The molecule has 1 rings (SSSR count). The molecule has 1 fully saturated rings. The molecule has 0 aliphatic carbocycles. The van der Waals surface area contributed by atoms with Crippen molar-refractivity contribution in [2.75, 3.05) is 13.1 Å². The molecule has 88 valence electrons. The lowest BCUT2D eigenvalue weighted by Crippen LogP contribution is -2.35. The molecule has 0 radical (unpaired) electrons. The van der Waals surface area contributed by atoms with Crippen molar-refractivity contribution in [2.45, 2.75) is 46.1 Å². The lowest BCUT2D eigenvalue weighted by Gasteiger charge is -2.21. The number of hydrogen-bond acceptors (Lipinski definition) is 2. The van der Waals surface area contributed by atoms with Gasteiger partial charge in [-0.25, -0.2) is 0 Å². The average Bonchev–Trinajstić information content (AvgIpc) is 2.65. The van der Waals surface area contributed by atoms with Crippen molar-refractivity contribution in [3.8, 4) is 0 Å². The van der Waals surface area contributed by atoms with Crippen LogP contribution in [0.5, 0.6) is 0 Å². The molecular formula is C12H24N2O. The predicted octanol–water partition coefficient (Wildman–Crippen LogP) is 1.62.